The molecule has 3 nitrogen and oxygen atoms in total. The Balaban J connectivity index is 2.63. The van der Waals surface area contributed by atoms with Gasteiger partial charge in [0.15, 0.2) is 0 Å². The molecule has 0 aliphatic carbocycles. The molecule has 0 spiro atoms. The van der Waals surface area contributed by atoms with Crippen LogP contribution in [0.2, 0.25) is 0 Å². The van der Waals surface area contributed by atoms with Crippen LogP contribution in [0, 0.1) is 6.92 Å². The average molecular weight is 257 g/mol. The highest BCUT2D eigenvalue weighted by molar-refractivity contribution is 5.71. The normalized spacial score (nSPS) is 11.8. The minimum atomic E-state index is -0.00773. The molecule has 3 heteroatoms. The summed E-state index contributed by atoms with van der Waals surface area (Å²) in [5, 5.41) is 0. The van der Waals surface area contributed by atoms with Gasteiger partial charge in [0.25, 0.3) is 0 Å². The molecule has 0 unspecified atom stereocenters. The quantitative estimate of drug-likeness (QED) is 0.890. The fourth-order valence-corrected chi connectivity index (χ4v) is 2.36. The molecule has 0 saturated carbocycles. The van der Waals surface area contributed by atoms with Crippen molar-refractivity contribution in [1.29, 1.82) is 0 Å². The van der Waals surface area contributed by atoms with Crippen molar-refractivity contribution in [2.24, 2.45) is 0 Å². The van der Waals surface area contributed by atoms with Crippen LogP contribution in [-0.2, 0) is 12.0 Å². The van der Waals surface area contributed by atoms with Crippen LogP contribution < -0.4 is 5.73 Å². The third kappa shape index (κ3) is 2.50. The summed E-state index contributed by atoms with van der Waals surface area (Å²) < 4.78 is 2.11. The number of anilines is 1. The predicted molar refractivity (Wildman–Crippen MR) is 81.2 cm³/mol. The number of benzene rings is 1. The molecule has 2 N–H and O–H groups in total. The molecule has 0 aliphatic heterocycles. The molecule has 0 saturated heterocycles. The minimum absolute atomic E-state index is 0.00773. The monoisotopic (exact) mass is 257 g/mol. The van der Waals surface area contributed by atoms with Crippen LogP contribution in [0.3, 0.4) is 0 Å². The number of imidazole rings is 1. The zero-order valence-corrected chi connectivity index (χ0v) is 12.5. The second-order valence-electron chi connectivity index (χ2n) is 6.03. The maximum atomic E-state index is 6.29. The molecule has 2 rings (SSSR count). The number of nitrogens with zero attached hydrogens (tertiary/aromatic N) is 2. The van der Waals surface area contributed by atoms with E-state index >= 15 is 0 Å². The molecular formula is C16H23N3. The highest BCUT2D eigenvalue weighted by Gasteiger charge is 2.24. The largest absolute Gasteiger partial charge is 0.383 e. The van der Waals surface area contributed by atoms with Gasteiger partial charge in [-0.25, -0.2) is 4.98 Å². The first kappa shape index (κ1) is 13.7. The van der Waals surface area contributed by atoms with Crippen molar-refractivity contribution < 1.29 is 0 Å². The molecule has 19 heavy (non-hydrogen) atoms. The molecule has 0 radical (unpaired) electrons. The molecule has 0 fully saturated rings. The van der Waals surface area contributed by atoms with Gasteiger partial charge in [-0.1, -0.05) is 44.5 Å². The van der Waals surface area contributed by atoms with Crippen LogP contribution >= 0.6 is 0 Å². The van der Waals surface area contributed by atoms with E-state index in [4.69, 9.17) is 10.7 Å². The summed E-state index contributed by atoms with van der Waals surface area (Å²) in [7, 11) is 0. The van der Waals surface area contributed by atoms with E-state index in [0.29, 0.717) is 0 Å². The first-order chi connectivity index (χ1) is 8.84. The van der Waals surface area contributed by atoms with Crippen LogP contribution in [0.25, 0.3) is 11.3 Å². The van der Waals surface area contributed by atoms with Crippen molar-refractivity contribution in [3.8, 4) is 11.3 Å². The van der Waals surface area contributed by atoms with Crippen molar-refractivity contribution in [3.63, 3.8) is 0 Å². The van der Waals surface area contributed by atoms with Crippen molar-refractivity contribution in [2.45, 2.75) is 46.6 Å². The lowest BCUT2D eigenvalue weighted by molar-refractivity contribution is 0.509. The summed E-state index contributed by atoms with van der Waals surface area (Å²) in [5.41, 5.74) is 9.50. The molecule has 1 aromatic heterocycles. The van der Waals surface area contributed by atoms with Crippen LogP contribution in [-0.4, -0.2) is 9.55 Å². The summed E-state index contributed by atoms with van der Waals surface area (Å²) in [5.74, 6) is 1.81. The Labute approximate surface area is 115 Å². The summed E-state index contributed by atoms with van der Waals surface area (Å²) >= 11 is 0. The maximum absolute atomic E-state index is 6.29. The summed E-state index contributed by atoms with van der Waals surface area (Å²) in [6, 6.07) is 8.33. The van der Waals surface area contributed by atoms with E-state index in [0.717, 1.165) is 29.4 Å². The van der Waals surface area contributed by atoms with E-state index in [-0.39, 0.29) is 5.41 Å². The molecule has 0 aliphatic rings. The lowest BCUT2D eigenvalue weighted by atomic mass is 9.95. The molecule has 1 aromatic carbocycles. The van der Waals surface area contributed by atoms with Gasteiger partial charge >= 0.3 is 0 Å². The Kier molecular flexibility index (Phi) is 3.40. The van der Waals surface area contributed by atoms with Gasteiger partial charge in [0.1, 0.15) is 17.3 Å². The number of aromatic nitrogens is 2. The number of hydrogen-bond acceptors (Lipinski definition) is 2. The lowest BCUT2D eigenvalue weighted by Gasteiger charge is -2.19. The molecule has 1 heterocycles. The van der Waals surface area contributed by atoms with Crippen LogP contribution in [0.15, 0.2) is 24.3 Å². The molecule has 2 aromatic rings. The smallest absolute Gasteiger partial charge is 0.131 e. The second-order valence-corrected chi connectivity index (χ2v) is 6.03. The second kappa shape index (κ2) is 4.72. The number of nitrogen functional groups attached to an aromatic ring is 1. The van der Waals surface area contributed by atoms with Gasteiger partial charge in [0.2, 0.25) is 0 Å². The van der Waals surface area contributed by atoms with Gasteiger partial charge in [0.05, 0.1) is 0 Å². The number of hydrogen-bond donors (Lipinski definition) is 1. The number of rotatable bonds is 2. The Morgan fingerprint density at radius 1 is 1.26 bits per heavy atom. The van der Waals surface area contributed by atoms with Crippen molar-refractivity contribution in [2.75, 3.05) is 5.73 Å². The maximum Gasteiger partial charge on any atom is 0.131 e. The molecule has 0 bridgehead atoms. The van der Waals surface area contributed by atoms with Gasteiger partial charge in [-0.15, -0.1) is 0 Å². The minimum Gasteiger partial charge on any atom is -0.383 e. The van der Waals surface area contributed by atoms with Gasteiger partial charge in [0, 0.05) is 17.5 Å². The highest BCUT2D eigenvalue weighted by Crippen LogP contribution is 2.32. The van der Waals surface area contributed by atoms with E-state index in [9.17, 15) is 0 Å². The lowest BCUT2D eigenvalue weighted by Crippen LogP contribution is -2.19. The highest BCUT2D eigenvalue weighted by atomic mass is 15.1. The number of nitrogens with two attached hydrogens (primary N) is 1. The van der Waals surface area contributed by atoms with Gasteiger partial charge < -0.3 is 10.3 Å². The topological polar surface area (TPSA) is 43.8 Å². The van der Waals surface area contributed by atoms with Crippen molar-refractivity contribution in [1.82, 2.24) is 9.55 Å². The van der Waals surface area contributed by atoms with E-state index in [2.05, 4.69) is 57.4 Å². The van der Waals surface area contributed by atoms with Gasteiger partial charge in [-0.2, -0.15) is 0 Å². The van der Waals surface area contributed by atoms with E-state index < -0.39 is 0 Å². The molecule has 102 valence electrons. The van der Waals surface area contributed by atoms with E-state index in [1.165, 1.54) is 5.56 Å². The molecule has 0 atom stereocenters. The Morgan fingerprint density at radius 2 is 1.95 bits per heavy atom. The summed E-state index contributed by atoms with van der Waals surface area (Å²) in [6.45, 7) is 11.5. The summed E-state index contributed by atoms with van der Waals surface area (Å²) in [4.78, 5) is 4.80. The third-order valence-electron chi connectivity index (χ3n) is 3.29. The zero-order valence-electron chi connectivity index (χ0n) is 12.5. The van der Waals surface area contributed by atoms with Gasteiger partial charge in [-0.3, -0.25) is 0 Å². The standard InChI is InChI=1S/C16H23N3/c1-6-19-14(17)13(18-15(19)16(3,4)5)12-9-7-8-11(2)10-12/h7-10H,6,17H2,1-5H3. The Hall–Kier alpha value is -1.77. The third-order valence-corrected chi connectivity index (χ3v) is 3.29. The molecule has 0 amide bonds. The fourth-order valence-electron chi connectivity index (χ4n) is 2.36. The predicted octanol–water partition coefficient (Wildman–Crippen LogP) is 3.76. The average Bonchev–Trinajstić information content (AvgIpc) is 2.66. The zero-order chi connectivity index (χ0) is 14.2. The van der Waals surface area contributed by atoms with Gasteiger partial charge in [-0.05, 0) is 19.9 Å². The van der Waals surface area contributed by atoms with Crippen LogP contribution in [0.1, 0.15) is 39.1 Å². The molecular weight excluding hydrogens is 234 g/mol. The number of aryl methyl sites for hydroxylation is 1. The summed E-state index contributed by atoms with van der Waals surface area (Å²) in [6.07, 6.45) is 0. The van der Waals surface area contributed by atoms with Crippen LogP contribution in [0.5, 0.6) is 0 Å². The van der Waals surface area contributed by atoms with Crippen molar-refractivity contribution in [3.05, 3.63) is 35.7 Å². The SMILES string of the molecule is CCn1c(C(C)(C)C)nc(-c2cccc(C)c2)c1N. The van der Waals surface area contributed by atoms with E-state index in [1.54, 1.807) is 0 Å². The van der Waals surface area contributed by atoms with Crippen molar-refractivity contribution >= 4 is 5.82 Å². The van der Waals surface area contributed by atoms with Crippen LogP contribution in [0.4, 0.5) is 5.82 Å². The first-order valence-corrected chi connectivity index (χ1v) is 6.78. The Morgan fingerprint density at radius 3 is 2.42 bits per heavy atom. The van der Waals surface area contributed by atoms with E-state index in [1.807, 2.05) is 6.07 Å². The fraction of sp³-hybridized carbons (Fsp3) is 0.438. The first-order valence-electron chi connectivity index (χ1n) is 6.78. The Bertz CT molecular complexity index is 589.